The molecule has 0 spiro atoms. The number of ether oxygens (including phenoxy) is 1. The Morgan fingerprint density at radius 2 is 1.79 bits per heavy atom. The van der Waals surface area contributed by atoms with Gasteiger partial charge in [0, 0.05) is 11.3 Å². The molecular weight excluding hydrogens is 304 g/mol. The molecular formula is C19H22N2O3. The topological polar surface area (TPSA) is 81.4 Å². The minimum absolute atomic E-state index is 0.294. The fourth-order valence-electron chi connectivity index (χ4n) is 2.32. The number of primary amides is 1. The van der Waals surface area contributed by atoms with Gasteiger partial charge in [-0.05, 0) is 68.7 Å². The zero-order chi connectivity index (χ0) is 17.9. The highest BCUT2D eigenvalue weighted by Gasteiger charge is 2.17. The molecule has 0 heterocycles. The molecule has 2 amide bonds. The van der Waals surface area contributed by atoms with Crippen molar-refractivity contribution < 1.29 is 14.3 Å². The van der Waals surface area contributed by atoms with Crippen LogP contribution in [-0.4, -0.2) is 17.9 Å². The van der Waals surface area contributed by atoms with Crippen LogP contribution in [0.15, 0.2) is 36.4 Å². The molecule has 2 aromatic carbocycles. The summed E-state index contributed by atoms with van der Waals surface area (Å²) in [5.74, 6) is -0.177. The highest BCUT2D eigenvalue weighted by atomic mass is 16.5. The lowest BCUT2D eigenvalue weighted by atomic mass is 10.1. The molecule has 0 fully saturated rings. The van der Waals surface area contributed by atoms with Crippen LogP contribution in [0.5, 0.6) is 5.75 Å². The molecule has 24 heavy (non-hydrogen) atoms. The van der Waals surface area contributed by atoms with E-state index in [1.807, 2.05) is 32.0 Å². The Kier molecular flexibility index (Phi) is 5.24. The van der Waals surface area contributed by atoms with Crippen LogP contribution in [0.1, 0.15) is 34.0 Å². The third-order valence-electron chi connectivity index (χ3n) is 4.02. The first kappa shape index (κ1) is 17.5. The molecule has 0 aliphatic rings. The van der Waals surface area contributed by atoms with Crippen molar-refractivity contribution in [2.45, 2.75) is 33.8 Å². The van der Waals surface area contributed by atoms with Gasteiger partial charge in [0.15, 0.2) is 6.10 Å². The summed E-state index contributed by atoms with van der Waals surface area (Å²) in [5.41, 5.74) is 9.16. The number of aryl methyl sites for hydroxylation is 2. The summed E-state index contributed by atoms with van der Waals surface area (Å²) in [7, 11) is 0. The fraction of sp³-hybridized carbons (Fsp3) is 0.263. The van der Waals surface area contributed by atoms with Gasteiger partial charge in [-0.1, -0.05) is 12.1 Å². The quantitative estimate of drug-likeness (QED) is 0.886. The minimum atomic E-state index is -0.677. The molecule has 0 saturated heterocycles. The average Bonchev–Trinajstić information content (AvgIpc) is 2.52. The second-order valence-corrected chi connectivity index (χ2v) is 5.84. The molecule has 0 aliphatic carbocycles. The van der Waals surface area contributed by atoms with Gasteiger partial charge >= 0.3 is 0 Å². The van der Waals surface area contributed by atoms with Crippen molar-refractivity contribution in [3.63, 3.8) is 0 Å². The van der Waals surface area contributed by atoms with E-state index in [0.717, 1.165) is 5.56 Å². The fourth-order valence-corrected chi connectivity index (χ4v) is 2.32. The Hall–Kier alpha value is -2.82. The van der Waals surface area contributed by atoms with E-state index in [0.29, 0.717) is 22.6 Å². The van der Waals surface area contributed by atoms with Gasteiger partial charge in [-0.3, -0.25) is 9.59 Å². The number of benzene rings is 2. The van der Waals surface area contributed by atoms with Gasteiger partial charge in [0.25, 0.3) is 5.91 Å². The molecule has 1 unspecified atom stereocenters. The van der Waals surface area contributed by atoms with Crippen molar-refractivity contribution in [3.8, 4) is 5.75 Å². The van der Waals surface area contributed by atoms with Crippen LogP contribution in [0.4, 0.5) is 5.69 Å². The predicted molar refractivity (Wildman–Crippen MR) is 94.3 cm³/mol. The number of hydrogen-bond acceptors (Lipinski definition) is 3. The van der Waals surface area contributed by atoms with E-state index in [-0.39, 0.29) is 5.91 Å². The smallest absolute Gasteiger partial charge is 0.265 e. The molecule has 2 rings (SSSR count). The van der Waals surface area contributed by atoms with Crippen LogP contribution in [-0.2, 0) is 4.79 Å². The first-order valence-corrected chi connectivity index (χ1v) is 7.73. The van der Waals surface area contributed by atoms with Gasteiger partial charge in [0.2, 0.25) is 5.91 Å². The standard InChI is InChI=1S/C19H22N2O3/c1-11-8-9-15(10-12(11)2)24-14(4)19(23)21-17-7-5-6-16(13(17)3)18(20)22/h5-10,14H,1-4H3,(H2,20,22)(H,21,23). The van der Waals surface area contributed by atoms with Gasteiger partial charge in [-0.25, -0.2) is 0 Å². The van der Waals surface area contributed by atoms with Crippen molar-refractivity contribution in [2.24, 2.45) is 5.73 Å². The Balaban J connectivity index is 2.10. The number of hydrogen-bond donors (Lipinski definition) is 2. The third kappa shape index (κ3) is 3.93. The monoisotopic (exact) mass is 326 g/mol. The minimum Gasteiger partial charge on any atom is -0.481 e. The Bertz CT molecular complexity index is 784. The lowest BCUT2D eigenvalue weighted by Gasteiger charge is -2.17. The first-order chi connectivity index (χ1) is 11.3. The second-order valence-electron chi connectivity index (χ2n) is 5.84. The number of anilines is 1. The molecule has 126 valence electrons. The zero-order valence-electron chi connectivity index (χ0n) is 14.3. The van der Waals surface area contributed by atoms with Crippen molar-refractivity contribution in [1.29, 1.82) is 0 Å². The summed E-state index contributed by atoms with van der Waals surface area (Å²) in [4.78, 5) is 23.7. The van der Waals surface area contributed by atoms with E-state index in [2.05, 4.69) is 5.32 Å². The van der Waals surface area contributed by atoms with Crippen molar-refractivity contribution in [1.82, 2.24) is 0 Å². The van der Waals surface area contributed by atoms with E-state index >= 15 is 0 Å². The summed E-state index contributed by atoms with van der Waals surface area (Å²) in [6, 6.07) is 10.7. The summed E-state index contributed by atoms with van der Waals surface area (Å²) in [5, 5.41) is 2.78. The van der Waals surface area contributed by atoms with Crippen LogP contribution in [0, 0.1) is 20.8 Å². The lowest BCUT2D eigenvalue weighted by molar-refractivity contribution is -0.122. The van der Waals surface area contributed by atoms with Gasteiger partial charge in [-0.2, -0.15) is 0 Å². The van der Waals surface area contributed by atoms with E-state index in [9.17, 15) is 9.59 Å². The molecule has 0 radical (unpaired) electrons. The number of carbonyl (C=O) groups is 2. The van der Waals surface area contributed by atoms with Crippen LogP contribution < -0.4 is 15.8 Å². The average molecular weight is 326 g/mol. The summed E-state index contributed by atoms with van der Waals surface area (Å²) in [6.07, 6.45) is -0.677. The van der Waals surface area contributed by atoms with Gasteiger partial charge in [0.05, 0.1) is 0 Å². The Morgan fingerprint density at radius 3 is 2.42 bits per heavy atom. The van der Waals surface area contributed by atoms with Crippen LogP contribution >= 0.6 is 0 Å². The highest BCUT2D eigenvalue weighted by Crippen LogP contribution is 2.21. The number of nitrogens with one attached hydrogen (secondary N) is 1. The van der Waals surface area contributed by atoms with Gasteiger partial charge in [0.1, 0.15) is 5.75 Å². The first-order valence-electron chi connectivity index (χ1n) is 7.73. The van der Waals surface area contributed by atoms with Crippen molar-refractivity contribution >= 4 is 17.5 Å². The molecule has 0 aromatic heterocycles. The van der Waals surface area contributed by atoms with E-state index in [4.69, 9.17) is 10.5 Å². The number of nitrogens with two attached hydrogens (primary N) is 1. The molecule has 0 saturated carbocycles. The SMILES string of the molecule is Cc1ccc(OC(C)C(=O)Nc2cccc(C(N)=O)c2C)cc1C. The lowest BCUT2D eigenvalue weighted by Crippen LogP contribution is -2.30. The largest absolute Gasteiger partial charge is 0.481 e. The molecule has 0 aliphatic heterocycles. The van der Waals surface area contributed by atoms with E-state index in [1.165, 1.54) is 5.56 Å². The van der Waals surface area contributed by atoms with Gasteiger partial charge in [-0.15, -0.1) is 0 Å². The summed E-state index contributed by atoms with van der Waals surface area (Å²) >= 11 is 0. The third-order valence-corrected chi connectivity index (χ3v) is 4.02. The summed E-state index contributed by atoms with van der Waals surface area (Å²) < 4.78 is 5.70. The number of amides is 2. The second kappa shape index (κ2) is 7.17. The molecule has 1 atom stereocenters. The van der Waals surface area contributed by atoms with Crippen molar-refractivity contribution in [3.05, 3.63) is 58.7 Å². The maximum Gasteiger partial charge on any atom is 0.265 e. The van der Waals surface area contributed by atoms with Crippen LogP contribution in [0.25, 0.3) is 0 Å². The van der Waals surface area contributed by atoms with Crippen LogP contribution in [0.3, 0.4) is 0 Å². The maximum atomic E-state index is 12.3. The molecule has 5 heteroatoms. The van der Waals surface area contributed by atoms with E-state index in [1.54, 1.807) is 32.0 Å². The summed E-state index contributed by atoms with van der Waals surface area (Å²) in [6.45, 7) is 7.43. The Labute approximate surface area is 141 Å². The zero-order valence-corrected chi connectivity index (χ0v) is 14.3. The number of carbonyl (C=O) groups excluding carboxylic acids is 2. The number of rotatable bonds is 5. The van der Waals surface area contributed by atoms with Gasteiger partial charge < -0.3 is 15.8 Å². The highest BCUT2D eigenvalue weighted by molar-refractivity contribution is 5.99. The van der Waals surface area contributed by atoms with Crippen LogP contribution in [0.2, 0.25) is 0 Å². The maximum absolute atomic E-state index is 12.3. The molecule has 0 bridgehead atoms. The Morgan fingerprint density at radius 1 is 1.08 bits per heavy atom. The van der Waals surface area contributed by atoms with E-state index < -0.39 is 12.0 Å². The van der Waals surface area contributed by atoms with Crippen molar-refractivity contribution in [2.75, 3.05) is 5.32 Å². The molecule has 5 nitrogen and oxygen atoms in total. The molecule has 3 N–H and O–H groups in total. The predicted octanol–water partition coefficient (Wildman–Crippen LogP) is 3.12. The molecule has 2 aromatic rings. The normalized spacial score (nSPS) is 11.7.